The van der Waals surface area contributed by atoms with E-state index in [1.165, 1.54) is 12.1 Å². The second-order valence-electron chi connectivity index (χ2n) is 6.77. The number of sulfonamides is 1. The zero-order chi connectivity index (χ0) is 22.3. The van der Waals surface area contributed by atoms with E-state index in [1.54, 1.807) is 43.3 Å². The summed E-state index contributed by atoms with van der Waals surface area (Å²) in [6.45, 7) is 1.89. The number of nitrogens with zero attached hydrogens (tertiary/aromatic N) is 1. The molecule has 1 N–H and O–H groups in total. The quantitative estimate of drug-likeness (QED) is 0.491. The third-order valence-corrected chi connectivity index (χ3v) is 6.49. The fourth-order valence-corrected chi connectivity index (χ4v) is 4.71. The summed E-state index contributed by atoms with van der Waals surface area (Å²) < 4.78 is 33.3. The summed E-state index contributed by atoms with van der Waals surface area (Å²) >= 11 is 6.03. The summed E-state index contributed by atoms with van der Waals surface area (Å²) in [6.07, 6.45) is 0. The molecule has 31 heavy (non-hydrogen) atoms. The molecule has 8 heteroatoms. The van der Waals surface area contributed by atoms with Crippen molar-refractivity contribution in [2.75, 3.05) is 24.0 Å². The van der Waals surface area contributed by atoms with Crippen LogP contribution in [0.15, 0.2) is 83.8 Å². The molecule has 0 fully saturated rings. The number of carbonyl (C=O) groups excluding carboxylic acids is 1. The van der Waals surface area contributed by atoms with E-state index < -0.39 is 15.9 Å². The standard InChI is InChI=1S/C23H23ClN2O4S/c1-18-16-19(24)12-13-22(18)26(31(28,29)21-10-6-3-7-11-21)17-23(27)25-14-15-30-20-8-4-2-5-9-20/h2-13,16H,14-15,17H2,1H3,(H,25,27). The van der Waals surface area contributed by atoms with Crippen LogP contribution in [-0.2, 0) is 14.8 Å². The van der Waals surface area contributed by atoms with Crippen molar-refractivity contribution in [3.8, 4) is 5.75 Å². The fourth-order valence-electron chi connectivity index (χ4n) is 2.98. The summed E-state index contributed by atoms with van der Waals surface area (Å²) in [4.78, 5) is 12.7. The van der Waals surface area contributed by atoms with Gasteiger partial charge in [-0.3, -0.25) is 9.10 Å². The Morgan fingerprint density at radius 1 is 1.00 bits per heavy atom. The lowest BCUT2D eigenvalue weighted by Gasteiger charge is -2.25. The van der Waals surface area contributed by atoms with E-state index in [-0.39, 0.29) is 24.6 Å². The number of amides is 1. The summed E-state index contributed by atoms with van der Waals surface area (Å²) in [5.74, 6) is 0.257. The number of nitrogens with one attached hydrogen (secondary N) is 1. The van der Waals surface area contributed by atoms with Gasteiger partial charge < -0.3 is 10.1 Å². The Kier molecular flexibility index (Phi) is 7.55. The number of hydrogen-bond donors (Lipinski definition) is 1. The number of hydrogen-bond acceptors (Lipinski definition) is 4. The third kappa shape index (κ3) is 5.99. The number of benzene rings is 3. The van der Waals surface area contributed by atoms with Crippen molar-refractivity contribution in [2.24, 2.45) is 0 Å². The molecule has 0 saturated carbocycles. The molecule has 162 valence electrons. The zero-order valence-electron chi connectivity index (χ0n) is 17.0. The number of ether oxygens (including phenoxy) is 1. The van der Waals surface area contributed by atoms with E-state index >= 15 is 0 Å². The highest BCUT2D eigenvalue weighted by molar-refractivity contribution is 7.92. The van der Waals surface area contributed by atoms with Crippen LogP contribution in [0, 0.1) is 6.92 Å². The molecule has 0 aliphatic carbocycles. The molecule has 0 atom stereocenters. The van der Waals surface area contributed by atoms with Crippen LogP contribution in [0.3, 0.4) is 0 Å². The van der Waals surface area contributed by atoms with Gasteiger partial charge in [-0.2, -0.15) is 0 Å². The minimum atomic E-state index is -3.96. The van der Waals surface area contributed by atoms with E-state index in [0.29, 0.717) is 22.0 Å². The molecule has 1 amide bonds. The first-order valence-electron chi connectivity index (χ1n) is 9.66. The molecule has 3 aromatic carbocycles. The van der Waals surface area contributed by atoms with E-state index in [1.807, 2.05) is 30.3 Å². The molecule has 0 bridgehead atoms. The lowest BCUT2D eigenvalue weighted by molar-refractivity contribution is -0.119. The molecule has 0 aromatic heterocycles. The molecular formula is C23H23ClN2O4S. The van der Waals surface area contributed by atoms with Crippen LogP contribution < -0.4 is 14.4 Å². The van der Waals surface area contributed by atoms with Crippen molar-refractivity contribution in [1.82, 2.24) is 5.32 Å². The van der Waals surface area contributed by atoms with Gasteiger partial charge in [0.15, 0.2) is 0 Å². The Hall–Kier alpha value is -3.03. The van der Waals surface area contributed by atoms with E-state index in [4.69, 9.17) is 16.3 Å². The molecule has 0 aliphatic heterocycles. The van der Waals surface area contributed by atoms with Gasteiger partial charge in [0.2, 0.25) is 5.91 Å². The van der Waals surface area contributed by atoms with Gasteiger partial charge in [0.1, 0.15) is 18.9 Å². The van der Waals surface area contributed by atoms with E-state index in [0.717, 1.165) is 4.31 Å². The van der Waals surface area contributed by atoms with Gasteiger partial charge in [0, 0.05) is 5.02 Å². The molecule has 0 spiro atoms. The van der Waals surface area contributed by atoms with Crippen LogP contribution >= 0.6 is 11.6 Å². The molecule has 3 aromatic rings. The zero-order valence-corrected chi connectivity index (χ0v) is 18.6. The fraction of sp³-hybridized carbons (Fsp3) is 0.174. The van der Waals surface area contributed by atoms with Crippen LogP contribution in [0.1, 0.15) is 5.56 Å². The molecular weight excluding hydrogens is 436 g/mol. The van der Waals surface area contributed by atoms with Crippen LogP contribution in [0.2, 0.25) is 5.02 Å². The molecule has 0 radical (unpaired) electrons. The Bertz CT molecular complexity index is 1120. The maximum absolute atomic E-state index is 13.3. The highest BCUT2D eigenvalue weighted by Crippen LogP contribution is 2.28. The molecule has 0 saturated heterocycles. The van der Waals surface area contributed by atoms with Crippen LogP contribution in [-0.4, -0.2) is 34.0 Å². The van der Waals surface area contributed by atoms with Crippen molar-refractivity contribution in [3.63, 3.8) is 0 Å². The van der Waals surface area contributed by atoms with Crippen molar-refractivity contribution in [1.29, 1.82) is 0 Å². The molecule has 3 rings (SSSR count). The number of rotatable bonds is 9. The molecule has 0 unspecified atom stereocenters. The van der Waals surface area contributed by atoms with Gasteiger partial charge in [0.05, 0.1) is 17.1 Å². The highest BCUT2D eigenvalue weighted by atomic mass is 35.5. The smallest absolute Gasteiger partial charge is 0.264 e. The van der Waals surface area contributed by atoms with Gasteiger partial charge in [-0.15, -0.1) is 0 Å². The first-order valence-corrected chi connectivity index (χ1v) is 11.5. The minimum absolute atomic E-state index is 0.101. The first-order chi connectivity index (χ1) is 14.9. The number of para-hydroxylation sites is 1. The number of halogens is 1. The first kappa shape index (κ1) is 22.7. The second kappa shape index (κ2) is 10.3. The predicted octanol–water partition coefficient (Wildman–Crippen LogP) is 4.04. The predicted molar refractivity (Wildman–Crippen MR) is 122 cm³/mol. The Balaban J connectivity index is 1.74. The normalized spacial score (nSPS) is 11.0. The Morgan fingerprint density at radius 3 is 2.29 bits per heavy atom. The Labute approximate surface area is 187 Å². The average Bonchev–Trinajstić information content (AvgIpc) is 2.77. The summed E-state index contributed by atoms with van der Waals surface area (Å²) in [5, 5.41) is 3.20. The topological polar surface area (TPSA) is 75.7 Å². The van der Waals surface area contributed by atoms with E-state index in [9.17, 15) is 13.2 Å². The average molecular weight is 459 g/mol. The van der Waals surface area contributed by atoms with Crippen LogP contribution in [0.4, 0.5) is 5.69 Å². The van der Waals surface area contributed by atoms with E-state index in [2.05, 4.69) is 5.32 Å². The van der Waals surface area contributed by atoms with Crippen LogP contribution in [0.5, 0.6) is 5.75 Å². The number of carbonyl (C=O) groups is 1. The second-order valence-corrected chi connectivity index (χ2v) is 9.07. The van der Waals surface area contributed by atoms with Gasteiger partial charge in [-0.25, -0.2) is 8.42 Å². The largest absolute Gasteiger partial charge is 0.492 e. The summed E-state index contributed by atoms with van der Waals surface area (Å²) in [6, 6.07) is 22.1. The maximum Gasteiger partial charge on any atom is 0.264 e. The molecule has 0 heterocycles. The lowest BCUT2D eigenvalue weighted by Crippen LogP contribution is -2.42. The molecule has 6 nitrogen and oxygen atoms in total. The van der Waals surface area contributed by atoms with Gasteiger partial charge in [-0.05, 0) is 55.0 Å². The summed E-state index contributed by atoms with van der Waals surface area (Å²) in [5.41, 5.74) is 1.04. The van der Waals surface area contributed by atoms with Crippen molar-refractivity contribution in [3.05, 3.63) is 89.4 Å². The maximum atomic E-state index is 13.3. The lowest BCUT2D eigenvalue weighted by atomic mass is 10.2. The Morgan fingerprint density at radius 2 is 1.65 bits per heavy atom. The van der Waals surface area contributed by atoms with Crippen molar-refractivity contribution < 1.29 is 17.9 Å². The van der Waals surface area contributed by atoms with Gasteiger partial charge in [-0.1, -0.05) is 48.0 Å². The number of anilines is 1. The van der Waals surface area contributed by atoms with Crippen molar-refractivity contribution in [2.45, 2.75) is 11.8 Å². The van der Waals surface area contributed by atoms with Gasteiger partial charge >= 0.3 is 0 Å². The monoisotopic (exact) mass is 458 g/mol. The van der Waals surface area contributed by atoms with Gasteiger partial charge in [0.25, 0.3) is 10.0 Å². The highest BCUT2D eigenvalue weighted by Gasteiger charge is 2.28. The third-order valence-electron chi connectivity index (χ3n) is 4.48. The molecule has 0 aliphatic rings. The minimum Gasteiger partial charge on any atom is -0.492 e. The summed E-state index contributed by atoms with van der Waals surface area (Å²) in [7, 11) is -3.96. The number of aryl methyl sites for hydroxylation is 1. The SMILES string of the molecule is Cc1cc(Cl)ccc1N(CC(=O)NCCOc1ccccc1)S(=O)(=O)c1ccccc1. The van der Waals surface area contributed by atoms with Crippen molar-refractivity contribution >= 4 is 33.2 Å². The van der Waals surface area contributed by atoms with Crippen LogP contribution in [0.25, 0.3) is 0 Å².